The van der Waals surface area contributed by atoms with Gasteiger partial charge in [0.1, 0.15) is 11.3 Å². The number of rotatable bonds is 6. The average molecular weight is 299 g/mol. The van der Waals surface area contributed by atoms with Gasteiger partial charge in [0, 0.05) is 12.6 Å². The number of nitrogens with zero attached hydrogens (tertiary/aromatic N) is 2. The van der Waals surface area contributed by atoms with E-state index in [0.717, 1.165) is 32.1 Å². The lowest BCUT2D eigenvalue weighted by Crippen LogP contribution is -2.24. The first kappa shape index (κ1) is 15.1. The van der Waals surface area contributed by atoms with Gasteiger partial charge in [-0.1, -0.05) is 13.8 Å². The molecule has 1 N–H and O–H groups in total. The molecule has 0 radical (unpaired) electrons. The van der Waals surface area contributed by atoms with Crippen molar-refractivity contribution in [2.75, 3.05) is 19.6 Å². The number of aryl methyl sites for hydroxylation is 1. The van der Waals surface area contributed by atoms with Crippen LogP contribution in [-0.4, -0.2) is 34.1 Å². The van der Waals surface area contributed by atoms with Crippen LogP contribution < -0.4 is 0 Å². The maximum atomic E-state index is 13.7. The predicted octanol–water partition coefficient (Wildman–Crippen LogP) is 3.71. The third kappa shape index (κ3) is 3.07. The number of fused-ring (bicyclic) bond motifs is 1. The molecule has 3 nitrogen and oxygen atoms in total. The van der Waals surface area contributed by atoms with Crippen LogP contribution in [0.15, 0.2) is 12.1 Å². The fraction of sp³-hybridized carbons (Fsp3) is 0.500. The maximum absolute atomic E-state index is 13.7. The number of halogens is 2. The molecule has 1 aromatic heterocycles. The molecule has 1 heterocycles. The highest BCUT2D eigenvalue weighted by Gasteiger charge is 2.11. The van der Waals surface area contributed by atoms with E-state index in [1.165, 1.54) is 6.07 Å². The summed E-state index contributed by atoms with van der Waals surface area (Å²) in [6, 6.07) is 2.19. The summed E-state index contributed by atoms with van der Waals surface area (Å²) in [4.78, 5) is 5.12. The minimum Gasteiger partial charge on any atom is -0.328 e. The van der Waals surface area contributed by atoms with Crippen molar-refractivity contribution in [1.29, 1.82) is 0 Å². The van der Waals surface area contributed by atoms with Crippen LogP contribution in [0.5, 0.6) is 0 Å². The first-order chi connectivity index (χ1) is 9.56. The molecule has 0 aliphatic carbocycles. The van der Waals surface area contributed by atoms with E-state index in [4.69, 9.17) is 12.2 Å². The predicted molar refractivity (Wildman–Crippen MR) is 79.4 cm³/mol. The van der Waals surface area contributed by atoms with Crippen molar-refractivity contribution in [3.05, 3.63) is 28.5 Å². The number of H-pyrrole nitrogens is 1. The molecule has 0 saturated carbocycles. The Kier molecular flexibility index (Phi) is 4.88. The van der Waals surface area contributed by atoms with E-state index in [0.29, 0.717) is 16.8 Å². The Morgan fingerprint density at radius 2 is 1.95 bits per heavy atom. The molecule has 0 aliphatic rings. The van der Waals surface area contributed by atoms with E-state index >= 15 is 0 Å². The zero-order chi connectivity index (χ0) is 14.7. The minimum atomic E-state index is -0.603. The van der Waals surface area contributed by atoms with Crippen LogP contribution in [0.4, 0.5) is 8.78 Å². The second-order valence-corrected chi connectivity index (χ2v) is 5.13. The highest BCUT2D eigenvalue weighted by molar-refractivity contribution is 7.71. The summed E-state index contributed by atoms with van der Waals surface area (Å²) in [6.45, 7) is 7.83. The Morgan fingerprint density at radius 1 is 1.25 bits per heavy atom. The van der Waals surface area contributed by atoms with Crippen LogP contribution in [0.25, 0.3) is 11.0 Å². The topological polar surface area (TPSA) is 24.0 Å². The van der Waals surface area contributed by atoms with Crippen LogP contribution >= 0.6 is 12.2 Å². The molecule has 0 unspecified atom stereocenters. The minimum absolute atomic E-state index is 0.277. The van der Waals surface area contributed by atoms with Crippen molar-refractivity contribution < 1.29 is 8.78 Å². The summed E-state index contributed by atoms with van der Waals surface area (Å²) in [5, 5.41) is 0. The average Bonchev–Trinajstić information content (AvgIpc) is 2.72. The lowest BCUT2D eigenvalue weighted by Gasteiger charge is -2.17. The standard InChI is InChI=1S/C14H19F2N3S/c1-3-18(4-2)6-5-7-19-12-9-10(15)8-11(16)13(12)17-14(19)20/h8-9H,3-7H2,1-2H3,(H,17,20). The molecule has 20 heavy (non-hydrogen) atoms. The third-order valence-electron chi connectivity index (χ3n) is 3.55. The Balaban J connectivity index is 2.22. The maximum Gasteiger partial charge on any atom is 0.178 e. The fourth-order valence-corrected chi connectivity index (χ4v) is 2.69. The number of imidazole rings is 1. The van der Waals surface area contributed by atoms with Crippen LogP contribution in [0.1, 0.15) is 20.3 Å². The smallest absolute Gasteiger partial charge is 0.178 e. The molecule has 2 aromatic rings. The zero-order valence-electron chi connectivity index (χ0n) is 11.7. The molecular formula is C14H19F2N3S. The van der Waals surface area contributed by atoms with Crippen molar-refractivity contribution in [3.8, 4) is 0 Å². The van der Waals surface area contributed by atoms with Gasteiger partial charge in [-0.25, -0.2) is 8.78 Å². The first-order valence-electron chi connectivity index (χ1n) is 6.86. The van der Waals surface area contributed by atoms with Crippen molar-refractivity contribution in [1.82, 2.24) is 14.5 Å². The lowest BCUT2D eigenvalue weighted by atomic mass is 10.3. The third-order valence-corrected chi connectivity index (χ3v) is 3.88. The van der Waals surface area contributed by atoms with Crippen LogP contribution in [-0.2, 0) is 6.54 Å². The van der Waals surface area contributed by atoms with Gasteiger partial charge in [0.05, 0.1) is 5.52 Å². The summed E-state index contributed by atoms with van der Waals surface area (Å²) in [5.74, 6) is -1.19. The van der Waals surface area contributed by atoms with Gasteiger partial charge in [-0.2, -0.15) is 0 Å². The van der Waals surface area contributed by atoms with Crippen LogP contribution in [0.3, 0.4) is 0 Å². The number of aromatic amines is 1. The number of hydrogen-bond donors (Lipinski definition) is 1. The largest absolute Gasteiger partial charge is 0.328 e. The second-order valence-electron chi connectivity index (χ2n) is 4.74. The first-order valence-corrected chi connectivity index (χ1v) is 7.27. The van der Waals surface area contributed by atoms with E-state index < -0.39 is 11.6 Å². The fourth-order valence-electron chi connectivity index (χ4n) is 2.39. The van der Waals surface area contributed by atoms with Gasteiger partial charge >= 0.3 is 0 Å². The quantitative estimate of drug-likeness (QED) is 0.822. The van der Waals surface area contributed by atoms with Crippen molar-refractivity contribution in [2.24, 2.45) is 0 Å². The summed E-state index contributed by atoms with van der Waals surface area (Å²) < 4.78 is 29.2. The van der Waals surface area contributed by atoms with E-state index in [-0.39, 0.29) is 5.52 Å². The normalized spacial score (nSPS) is 11.7. The summed E-state index contributed by atoms with van der Waals surface area (Å²) >= 11 is 5.20. The van der Waals surface area contributed by atoms with Crippen molar-refractivity contribution >= 4 is 23.3 Å². The molecule has 0 bridgehead atoms. The van der Waals surface area contributed by atoms with Crippen LogP contribution in [0.2, 0.25) is 0 Å². The summed E-state index contributed by atoms with van der Waals surface area (Å²) in [5.41, 5.74) is 0.770. The van der Waals surface area contributed by atoms with E-state index in [1.54, 1.807) is 4.57 Å². The van der Waals surface area contributed by atoms with Crippen molar-refractivity contribution in [3.63, 3.8) is 0 Å². The molecule has 0 aliphatic heterocycles. The molecule has 0 atom stereocenters. The van der Waals surface area contributed by atoms with E-state index in [1.807, 2.05) is 0 Å². The number of nitrogens with one attached hydrogen (secondary N) is 1. The molecule has 1 aromatic carbocycles. The number of benzene rings is 1. The molecule has 0 saturated heterocycles. The molecule has 2 rings (SSSR count). The van der Waals surface area contributed by atoms with Gasteiger partial charge in [-0.05, 0) is 44.3 Å². The molecule has 0 fully saturated rings. The summed E-state index contributed by atoms with van der Waals surface area (Å²) in [6.07, 6.45) is 0.890. The van der Waals surface area contributed by atoms with Gasteiger partial charge in [-0.15, -0.1) is 0 Å². The highest BCUT2D eigenvalue weighted by Crippen LogP contribution is 2.19. The van der Waals surface area contributed by atoms with Gasteiger partial charge in [-0.3, -0.25) is 0 Å². The van der Waals surface area contributed by atoms with Gasteiger partial charge in [0.25, 0.3) is 0 Å². The SMILES string of the molecule is CCN(CC)CCCn1c(=S)[nH]c2c(F)cc(F)cc21. The molecule has 110 valence electrons. The molecule has 0 spiro atoms. The molecule has 6 heteroatoms. The Hall–Kier alpha value is -1.27. The van der Waals surface area contributed by atoms with E-state index in [9.17, 15) is 8.78 Å². The highest BCUT2D eigenvalue weighted by atomic mass is 32.1. The van der Waals surface area contributed by atoms with E-state index in [2.05, 4.69) is 23.7 Å². The van der Waals surface area contributed by atoms with Gasteiger partial charge in [0.15, 0.2) is 10.6 Å². The Morgan fingerprint density at radius 3 is 2.60 bits per heavy atom. The summed E-state index contributed by atoms with van der Waals surface area (Å²) in [7, 11) is 0. The van der Waals surface area contributed by atoms with Crippen molar-refractivity contribution in [2.45, 2.75) is 26.8 Å². The monoisotopic (exact) mass is 299 g/mol. The van der Waals surface area contributed by atoms with Gasteiger partial charge in [0.2, 0.25) is 0 Å². The molecular weight excluding hydrogens is 280 g/mol. The second kappa shape index (κ2) is 6.45. The number of aromatic nitrogens is 2. The lowest BCUT2D eigenvalue weighted by molar-refractivity contribution is 0.293. The Bertz CT molecular complexity index is 644. The zero-order valence-corrected chi connectivity index (χ0v) is 12.6. The number of hydrogen-bond acceptors (Lipinski definition) is 2. The van der Waals surface area contributed by atoms with Crippen LogP contribution in [0, 0.1) is 16.4 Å². The van der Waals surface area contributed by atoms with Gasteiger partial charge < -0.3 is 14.5 Å². The Labute approximate surface area is 122 Å². The molecule has 0 amide bonds.